The van der Waals surface area contributed by atoms with E-state index in [1.165, 1.54) is 6.20 Å². The van der Waals surface area contributed by atoms with Gasteiger partial charge in [-0.15, -0.1) is 4.68 Å². The van der Waals surface area contributed by atoms with Gasteiger partial charge >= 0.3 is 11.8 Å². The van der Waals surface area contributed by atoms with Gasteiger partial charge in [-0.2, -0.15) is 0 Å². The van der Waals surface area contributed by atoms with Crippen LogP contribution in [-0.2, 0) is 4.74 Å². The van der Waals surface area contributed by atoms with Crippen molar-refractivity contribution in [1.29, 1.82) is 0 Å². The van der Waals surface area contributed by atoms with Crippen molar-refractivity contribution in [3.63, 3.8) is 0 Å². The molecule has 5 nitrogen and oxygen atoms in total. The van der Waals surface area contributed by atoms with Gasteiger partial charge in [0.15, 0.2) is 0 Å². The fourth-order valence-corrected chi connectivity index (χ4v) is 1.37. The number of pyridine rings is 1. The Morgan fingerprint density at radius 1 is 1.71 bits per heavy atom. The van der Waals surface area contributed by atoms with Crippen molar-refractivity contribution in [3.05, 3.63) is 22.3 Å². The second-order valence-electron chi connectivity index (χ2n) is 2.59. The third-order valence-electron chi connectivity index (χ3n) is 1.59. The summed E-state index contributed by atoms with van der Waals surface area (Å²) in [4.78, 5) is 11.3. The summed E-state index contributed by atoms with van der Waals surface area (Å²) in [6.07, 6.45) is 1.41. The molecule has 0 unspecified atom stereocenters. The smallest absolute Gasteiger partial charge is 0.341 e. The quantitative estimate of drug-likeness (QED) is 0.453. The number of halogens is 1. The highest BCUT2D eigenvalue weighted by Crippen LogP contribution is 2.16. The molecule has 0 atom stereocenters. The van der Waals surface area contributed by atoms with Gasteiger partial charge in [0.25, 0.3) is 0 Å². The van der Waals surface area contributed by atoms with Crippen LogP contribution in [-0.4, -0.2) is 12.6 Å². The first-order valence-corrected chi connectivity index (χ1v) is 4.78. The standard InChI is InChI=1S/C8H10BrN3O2/c1-2-14-8(13)5-3-6(9)7(10)12(11)4-5/h3-4,10H,2,11H2,1H3/p+1. The number of rotatable bonds is 2. The Balaban J connectivity index is 3.06. The minimum atomic E-state index is -0.424. The number of carbonyl (C=O) groups excluding carboxylic acids is 1. The number of hydrogen-bond donors (Lipinski definition) is 2. The van der Waals surface area contributed by atoms with Crippen molar-refractivity contribution in [2.45, 2.75) is 6.92 Å². The average Bonchev–Trinajstić information content (AvgIpc) is 2.13. The molecule has 0 aliphatic carbocycles. The van der Waals surface area contributed by atoms with Gasteiger partial charge in [-0.25, -0.2) is 4.79 Å². The monoisotopic (exact) mass is 260 g/mol. The fraction of sp³-hybridized carbons (Fsp3) is 0.250. The van der Waals surface area contributed by atoms with Crippen LogP contribution in [0.4, 0.5) is 5.82 Å². The van der Waals surface area contributed by atoms with E-state index in [2.05, 4.69) is 15.9 Å². The Bertz CT molecular complexity index is 345. The van der Waals surface area contributed by atoms with Crippen molar-refractivity contribution >= 4 is 27.7 Å². The Morgan fingerprint density at radius 3 is 2.86 bits per heavy atom. The van der Waals surface area contributed by atoms with Crippen LogP contribution in [0.1, 0.15) is 17.3 Å². The number of nitrogen functional groups attached to an aromatic ring is 2. The van der Waals surface area contributed by atoms with Gasteiger partial charge in [-0.3, -0.25) is 11.6 Å². The highest BCUT2D eigenvalue weighted by molar-refractivity contribution is 9.10. The van der Waals surface area contributed by atoms with Crippen LogP contribution in [0.2, 0.25) is 0 Å². The molecule has 14 heavy (non-hydrogen) atoms. The van der Waals surface area contributed by atoms with Gasteiger partial charge in [-0.05, 0) is 28.9 Å². The van der Waals surface area contributed by atoms with Crippen LogP contribution < -0.4 is 16.3 Å². The molecule has 0 saturated heterocycles. The van der Waals surface area contributed by atoms with E-state index in [-0.39, 0.29) is 0 Å². The minimum absolute atomic E-state index is 0.325. The number of anilines is 1. The topological polar surface area (TPSA) is 82.2 Å². The number of nitrogens with zero attached hydrogens (tertiary/aromatic N) is 1. The van der Waals surface area contributed by atoms with Crippen molar-refractivity contribution in [3.8, 4) is 0 Å². The summed E-state index contributed by atoms with van der Waals surface area (Å²) in [5.74, 6) is 5.43. The zero-order chi connectivity index (χ0) is 10.7. The molecular formula is C8H11BrN3O2+. The molecule has 0 amide bonds. The minimum Gasteiger partial charge on any atom is -0.462 e. The highest BCUT2D eigenvalue weighted by atomic mass is 79.9. The lowest BCUT2D eigenvalue weighted by atomic mass is 10.3. The van der Waals surface area contributed by atoms with Crippen molar-refractivity contribution in [2.24, 2.45) is 0 Å². The summed E-state index contributed by atoms with van der Waals surface area (Å²) < 4.78 is 6.53. The maximum atomic E-state index is 11.3. The molecule has 1 aromatic rings. The number of hydrogen-bond acceptors (Lipinski definition) is 4. The molecule has 4 N–H and O–H groups in total. The van der Waals surface area contributed by atoms with E-state index >= 15 is 0 Å². The predicted octanol–water partition coefficient (Wildman–Crippen LogP) is 0.209. The lowest BCUT2D eigenvalue weighted by Gasteiger charge is -2.03. The summed E-state index contributed by atoms with van der Waals surface area (Å²) in [5.41, 5.74) is 5.92. The summed E-state index contributed by atoms with van der Waals surface area (Å²) in [5, 5.41) is 0. The van der Waals surface area contributed by atoms with Gasteiger partial charge in [-0.1, -0.05) is 0 Å². The van der Waals surface area contributed by atoms with Crippen LogP contribution in [0.25, 0.3) is 0 Å². The number of esters is 1. The van der Waals surface area contributed by atoms with E-state index in [0.29, 0.717) is 22.5 Å². The van der Waals surface area contributed by atoms with Gasteiger partial charge in [0, 0.05) is 0 Å². The lowest BCUT2D eigenvalue weighted by molar-refractivity contribution is -0.624. The van der Waals surface area contributed by atoms with E-state index in [1.807, 2.05) is 0 Å². The number of carbonyl (C=O) groups is 1. The van der Waals surface area contributed by atoms with Crippen molar-refractivity contribution in [2.75, 3.05) is 18.2 Å². The third-order valence-corrected chi connectivity index (χ3v) is 2.23. The molecule has 0 aliphatic rings. The van der Waals surface area contributed by atoms with Gasteiger partial charge in [0.05, 0.1) is 6.61 Å². The zero-order valence-corrected chi connectivity index (χ0v) is 9.24. The normalized spacial score (nSPS) is 9.86. The summed E-state index contributed by atoms with van der Waals surface area (Å²) in [6.45, 7) is 2.06. The summed E-state index contributed by atoms with van der Waals surface area (Å²) in [6, 6.07) is 1.57. The Kier molecular flexibility index (Phi) is 3.29. The fourth-order valence-electron chi connectivity index (χ4n) is 0.917. The Hall–Kier alpha value is -1.30. The van der Waals surface area contributed by atoms with Crippen LogP contribution in [0.5, 0.6) is 0 Å². The average molecular weight is 261 g/mol. The van der Waals surface area contributed by atoms with Crippen molar-refractivity contribution < 1.29 is 14.2 Å². The number of nitrogens with two attached hydrogens (primary N) is 2. The Morgan fingerprint density at radius 2 is 2.36 bits per heavy atom. The molecule has 1 rings (SSSR count). The first-order valence-electron chi connectivity index (χ1n) is 3.99. The SMILES string of the molecule is CCOC(=O)c1cc(Br)c(N)[n+](N)c1. The molecule has 76 valence electrons. The molecular weight excluding hydrogens is 250 g/mol. The molecule has 0 aromatic carbocycles. The second-order valence-corrected chi connectivity index (χ2v) is 3.44. The Labute approximate surface area is 89.7 Å². The van der Waals surface area contributed by atoms with Gasteiger partial charge in [0.1, 0.15) is 16.2 Å². The third kappa shape index (κ3) is 2.14. The first kappa shape index (κ1) is 10.8. The summed E-state index contributed by atoms with van der Waals surface area (Å²) >= 11 is 3.18. The molecule has 0 spiro atoms. The molecule has 0 bridgehead atoms. The van der Waals surface area contributed by atoms with Crippen LogP contribution >= 0.6 is 15.9 Å². The largest absolute Gasteiger partial charge is 0.462 e. The second kappa shape index (κ2) is 4.28. The molecule has 0 aliphatic heterocycles. The van der Waals surface area contributed by atoms with Crippen LogP contribution in [0.15, 0.2) is 16.7 Å². The maximum absolute atomic E-state index is 11.3. The van der Waals surface area contributed by atoms with E-state index in [1.54, 1.807) is 13.0 Å². The van der Waals surface area contributed by atoms with Gasteiger partial charge < -0.3 is 4.74 Å². The molecule has 0 saturated carbocycles. The van der Waals surface area contributed by atoms with Gasteiger partial charge in [0.2, 0.25) is 0 Å². The van der Waals surface area contributed by atoms with E-state index in [9.17, 15) is 4.79 Å². The van der Waals surface area contributed by atoms with Crippen molar-refractivity contribution in [1.82, 2.24) is 0 Å². The maximum Gasteiger partial charge on any atom is 0.341 e. The van der Waals surface area contributed by atoms with Crippen LogP contribution in [0.3, 0.4) is 0 Å². The highest BCUT2D eigenvalue weighted by Gasteiger charge is 2.15. The zero-order valence-electron chi connectivity index (χ0n) is 7.66. The van der Waals surface area contributed by atoms with E-state index in [0.717, 1.165) is 4.68 Å². The molecule has 1 heterocycles. The van der Waals surface area contributed by atoms with E-state index < -0.39 is 5.97 Å². The number of aromatic nitrogens is 1. The van der Waals surface area contributed by atoms with Crippen LogP contribution in [0, 0.1) is 0 Å². The molecule has 0 fully saturated rings. The first-order chi connectivity index (χ1) is 6.56. The molecule has 0 radical (unpaired) electrons. The summed E-state index contributed by atoms with van der Waals surface area (Å²) in [7, 11) is 0. The molecule has 1 aromatic heterocycles. The molecule has 6 heteroatoms. The van der Waals surface area contributed by atoms with E-state index in [4.69, 9.17) is 16.3 Å². The predicted molar refractivity (Wildman–Crippen MR) is 54.9 cm³/mol. The lowest BCUT2D eigenvalue weighted by Crippen LogP contribution is -2.47. The number of ether oxygens (including phenoxy) is 1.